The Bertz CT molecular complexity index is 1250. The average molecular weight is 486 g/mol. The predicted molar refractivity (Wildman–Crippen MR) is 132 cm³/mol. The zero-order valence-corrected chi connectivity index (χ0v) is 20.7. The first-order valence-electron chi connectivity index (χ1n) is 11.5. The lowest BCUT2D eigenvalue weighted by atomic mass is 10.1. The molecule has 0 unspecified atom stereocenters. The zero-order chi connectivity index (χ0) is 25.5. The van der Waals surface area contributed by atoms with Crippen LogP contribution < -0.4 is 21.2 Å². The normalized spacial score (nSPS) is 16.4. The van der Waals surface area contributed by atoms with Crippen molar-refractivity contribution in [2.24, 2.45) is 19.3 Å². The molecule has 12 nitrogen and oxygen atoms in total. The van der Waals surface area contributed by atoms with Gasteiger partial charge in [-0.05, 0) is 26.8 Å². The van der Waals surface area contributed by atoms with Crippen LogP contribution in [0.3, 0.4) is 0 Å². The van der Waals surface area contributed by atoms with Gasteiger partial charge in [0.2, 0.25) is 0 Å². The minimum atomic E-state index is -0.579. The Hall–Kier alpha value is -3.67. The van der Waals surface area contributed by atoms with Gasteiger partial charge in [0.25, 0.3) is 5.56 Å². The second kappa shape index (κ2) is 9.17. The number of carbonyl (C=O) groups is 1. The van der Waals surface area contributed by atoms with Gasteiger partial charge in [-0.15, -0.1) is 0 Å². The molecule has 0 atom stereocenters. The number of amides is 1. The summed E-state index contributed by atoms with van der Waals surface area (Å²) in [5.41, 5.74) is 0.273. The van der Waals surface area contributed by atoms with Crippen LogP contribution in [0, 0.1) is 4.91 Å². The van der Waals surface area contributed by atoms with E-state index in [9.17, 15) is 19.3 Å². The lowest BCUT2D eigenvalue weighted by Gasteiger charge is -2.40. The molecular weight excluding hydrogens is 454 g/mol. The summed E-state index contributed by atoms with van der Waals surface area (Å²) in [6, 6.07) is 7.27. The van der Waals surface area contributed by atoms with Gasteiger partial charge >= 0.3 is 11.8 Å². The largest absolute Gasteiger partial charge is 0.444 e. The molecule has 2 aromatic rings. The first-order valence-corrected chi connectivity index (χ1v) is 11.5. The number of rotatable bonds is 4. The topological polar surface area (TPSA) is 113 Å². The minimum absolute atomic E-state index is 0.0390. The van der Waals surface area contributed by atoms with Crippen LogP contribution in [0.1, 0.15) is 26.3 Å². The molecule has 2 aliphatic rings. The van der Waals surface area contributed by atoms with E-state index in [2.05, 4.69) is 5.18 Å². The standard InChI is InChI=1S/C23H31N7O5/c1-23(2,3)35-22(33)27-10-12-28(13-11-27)30-15-29(17-9-7-6-8-16(17)14-24-34)18-19(30)25(4)21(32)26(5)20(18)31/h6-9H,10-15H2,1-5H3. The summed E-state index contributed by atoms with van der Waals surface area (Å²) < 4.78 is 8.03. The molecule has 0 spiro atoms. The second-order valence-corrected chi connectivity index (χ2v) is 9.68. The molecule has 0 aliphatic carbocycles. The van der Waals surface area contributed by atoms with Crippen molar-refractivity contribution in [2.75, 3.05) is 42.8 Å². The minimum Gasteiger partial charge on any atom is -0.444 e. The van der Waals surface area contributed by atoms with Crippen LogP contribution in [0.5, 0.6) is 0 Å². The maximum atomic E-state index is 13.3. The molecule has 0 N–H and O–H groups in total. The highest BCUT2D eigenvalue weighted by Crippen LogP contribution is 2.39. The summed E-state index contributed by atoms with van der Waals surface area (Å²) in [4.78, 5) is 53.1. The number of hydrazine groups is 1. The maximum Gasteiger partial charge on any atom is 0.410 e. The highest BCUT2D eigenvalue weighted by Gasteiger charge is 2.39. The zero-order valence-electron chi connectivity index (χ0n) is 20.7. The number of benzene rings is 1. The molecule has 12 heteroatoms. The Balaban J connectivity index is 1.69. The van der Waals surface area contributed by atoms with E-state index in [1.807, 2.05) is 53.9 Å². The first-order chi connectivity index (χ1) is 16.5. The first kappa shape index (κ1) is 24.5. The van der Waals surface area contributed by atoms with Crippen molar-refractivity contribution in [2.45, 2.75) is 32.9 Å². The number of anilines is 3. The number of hydrogen-bond donors (Lipinski definition) is 0. The molecule has 1 aromatic carbocycles. The summed E-state index contributed by atoms with van der Waals surface area (Å²) in [5.74, 6) is 0.470. The summed E-state index contributed by atoms with van der Waals surface area (Å²) in [5, 5.41) is 6.96. The van der Waals surface area contributed by atoms with Crippen LogP contribution in [-0.4, -0.2) is 63.6 Å². The van der Waals surface area contributed by atoms with Gasteiger partial charge in [-0.25, -0.2) is 14.6 Å². The molecule has 0 saturated carbocycles. The monoisotopic (exact) mass is 485 g/mol. The Morgan fingerprint density at radius 1 is 1.03 bits per heavy atom. The number of nitroso groups, excluding NO2 is 1. The van der Waals surface area contributed by atoms with Crippen LogP contribution in [0.15, 0.2) is 39.0 Å². The van der Waals surface area contributed by atoms with Gasteiger partial charge in [-0.1, -0.05) is 23.4 Å². The van der Waals surface area contributed by atoms with E-state index in [1.165, 1.54) is 11.6 Å². The lowest BCUT2D eigenvalue weighted by Crippen LogP contribution is -2.56. The summed E-state index contributed by atoms with van der Waals surface area (Å²) in [7, 11) is 3.08. The SMILES string of the molecule is Cn1c2c(c(=O)n(C)c1=O)N(c1ccccc1CN=O)CN2N1CCN(C(=O)OC(C)(C)C)CC1. The number of aromatic nitrogens is 2. The second-order valence-electron chi connectivity index (χ2n) is 9.68. The smallest absolute Gasteiger partial charge is 0.410 e. The van der Waals surface area contributed by atoms with Gasteiger partial charge < -0.3 is 14.5 Å². The number of fused-ring (bicyclic) bond motifs is 1. The number of nitrogens with zero attached hydrogens (tertiary/aromatic N) is 7. The lowest BCUT2D eigenvalue weighted by molar-refractivity contribution is 0.0135. The maximum absolute atomic E-state index is 13.3. The summed E-state index contributed by atoms with van der Waals surface area (Å²) >= 11 is 0. The molecule has 1 fully saturated rings. The average Bonchev–Trinajstić information content (AvgIpc) is 3.21. The van der Waals surface area contributed by atoms with Gasteiger partial charge in [-0.2, -0.15) is 4.91 Å². The van der Waals surface area contributed by atoms with E-state index < -0.39 is 16.9 Å². The molecule has 1 amide bonds. The Kier molecular flexibility index (Phi) is 6.41. The number of ether oxygens (including phenoxy) is 1. The third-order valence-corrected chi connectivity index (χ3v) is 6.17. The number of piperazine rings is 1. The van der Waals surface area contributed by atoms with Crippen LogP contribution in [-0.2, 0) is 25.4 Å². The van der Waals surface area contributed by atoms with Gasteiger partial charge in [0.15, 0.2) is 11.5 Å². The summed E-state index contributed by atoms with van der Waals surface area (Å²) in [6.07, 6.45) is -0.364. The molecule has 188 valence electrons. The van der Waals surface area contributed by atoms with Crippen molar-refractivity contribution < 1.29 is 9.53 Å². The van der Waals surface area contributed by atoms with Crippen LogP contribution in [0.2, 0.25) is 0 Å². The van der Waals surface area contributed by atoms with E-state index in [0.29, 0.717) is 48.9 Å². The fourth-order valence-corrected chi connectivity index (χ4v) is 4.46. The van der Waals surface area contributed by atoms with Crippen molar-refractivity contribution in [3.05, 3.63) is 55.6 Å². The quantitative estimate of drug-likeness (QED) is 0.602. The molecule has 1 aromatic heterocycles. The molecule has 2 aliphatic heterocycles. The number of carbonyl (C=O) groups excluding carboxylic acids is 1. The van der Waals surface area contributed by atoms with Crippen molar-refractivity contribution in [3.8, 4) is 0 Å². The van der Waals surface area contributed by atoms with E-state index in [-0.39, 0.29) is 19.3 Å². The van der Waals surface area contributed by atoms with Crippen LogP contribution in [0.25, 0.3) is 0 Å². The van der Waals surface area contributed by atoms with E-state index >= 15 is 0 Å². The molecule has 0 bridgehead atoms. The molecule has 0 radical (unpaired) electrons. The predicted octanol–water partition coefficient (Wildman–Crippen LogP) is 1.73. The van der Waals surface area contributed by atoms with E-state index in [0.717, 1.165) is 4.57 Å². The van der Waals surface area contributed by atoms with Crippen LogP contribution >= 0.6 is 0 Å². The fourth-order valence-electron chi connectivity index (χ4n) is 4.46. The van der Waals surface area contributed by atoms with E-state index in [1.54, 1.807) is 18.0 Å². The van der Waals surface area contributed by atoms with E-state index in [4.69, 9.17) is 4.74 Å². The molecule has 1 saturated heterocycles. The third-order valence-electron chi connectivity index (χ3n) is 6.17. The van der Waals surface area contributed by atoms with Gasteiger partial charge in [0.1, 0.15) is 18.8 Å². The molecule has 35 heavy (non-hydrogen) atoms. The van der Waals surface area contributed by atoms with Crippen molar-refractivity contribution >= 4 is 23.3 Å². The molecule has 4 rings (SSSR count). The van der Waals surface area contributed by atoms with Crippen molar-refractivity contribution in [1.29, 1.82) is 0 Å². The highest BCUT2D eigenvalue weighted by atomic mass is 16.6. The fraction of sp³-hybridized carbons (Fsp3) is 0.522. The Morgan fingerprint density at radius 3 is 2.31 bits per heavy atom. The third kappa shape index (κ3) is 4.53. The summed E-state index contributed by atoms with van der Waals surface area (Å²) in [6.45, 7) is 7.58. The van der Waals surface area contributed by atoms with Crippen LogP contribution in [0.4, 0.5) is 22.0 Å². The number of hydrogen-bond acceptors (Lipinski definition) is 9. The van der Waals surface area contributed by atoms with Gasteiger partial charge in [-0.3, -0.25) is 18.9 Å². The van der Waals surface area contributed by atoms with Crippen molar-refractivity contribution in [3.63, 3.8) is 0 Å². The Morgan fingerprint density at radius 2 is 1.69 bits per heavy atom. The Labute approximate surface area is 202 Å². The highest BCUT2D eigenvalue weighted by molar-refractivity contribution is 5.80. The van der Waals surface area contributed by atoms with Crippen molar-refractivity contribution in [1.82, 2.24) is 19.0 Å². The molecular formula is C23H31N7O5. The van der Waals surface area contributed by atoms with Gasteiger partial charge in [0, 0.05) is 51.5 Å². The van der Waals surface area contributed by atoms with Gasteiger partial charge in [0.05, 0.1) is 0 Å². The molecule has 3 heterocycles. The number of para-hydroxylation sites is 1.